The number of aliphatic hydroxyl groups is 1. The van der Waals surface area contributed by atoms with Crippen molar-refractivity contribution in [2.75, 3.05) is 32.7 Å². The number of β-amino-alcohol motifs (C(OH)–C–C–N with tert-alkyl or cyclic N) is 1. The molecule has 2 N–H and O–H groups in total. The monoisotopic (exact) mass is 417 g/mol. The van der Waals surface area contributed by atoms with Gasteiger partial charge in [-0.05, 0) is 30.0 Å². The van der Waals surface area contributed by atoms with Gasteiger partial charge in [0, 0.05) is 32.7 Å². The van der Waals surface area contributed by atoms with E-state index in [9.17, 15) is 18.3 Å². The van der Waals surface area contributed by atoms with Crippen molar-refractivity contribution in [3.05, 3.63) is 29.8 Å². The third-order valence-electron chi connectivity index (χ3n) is 5.14. The van der Waals surface area contributed by atoms with Crippen molar-refractivity contribution < 1.29 is 18.3 Å². The summed E-state index contributed by atoms with van der Waals surface area (Å²) in [6.45, 7) is 5.88. The summed E-state index contributed by atoms with van der Waals surface area (Å²) in [6, 6.07) is 6.66. The largest absolute Gasteiger partial charge is 0.392 e. The highest BCUT2D eigenvalue weighted by molar-refractivity contribution is 7.89. The molecule has 27 heavy (non-hydrogen) atoms. The molecule has 2 atom stereocenters. The first kappa shape index (κ1) is 22.1. The first-order valence-corrected chi connectivity index (χ1v) is 10.5. The summed E-state index contributed by atoms with van der Waals surface area (Å²) in [5.74, 6) is 0.295. The third kappa shape index (κ3) is 4.81. The molecule has 0 bridgehead atoms. The number of sulfonamides is 1. The zero-order chi connectivity index (χ0) is 18.9. The zero-order valence-electron chi connectivity index (χ0n) is 15.7. The second kappa shape index (κ2) is 8.87. The highest BCUT2D eigenvalue weighted by atomic mass is 35.5. The van der Waals surface area contributed by atoms with Crippen molar-refractivity contribution >= 4 is 28.3 Å². The predicted octanol–water partition coefficient (Wildman–Crippen LogP) is 0.788. The number of rotatable bonds is 4. The van der Waals surface area contributed by atoms with Crippen LogP contribution in [0.1, 0.15) is 31.7 Å². The van der Waals surface area contributed by atoms with Crippen LogP contribution in [0.25, 0.3) is 0 Å². The van der Waals surface area contributed by atoms with E-state index in [4.69, 9.17) is 0 Å². The lowest BCUT2D eigenvalue weighted by Gasteiger charge is -2.35. The summed E-state index contributed by atoms with van der Waals surface area (Å²) in [5, 5.41) is 12.6. The van der Waals surface area contributed by atoms with Crippen LogP contribution in [-0.4, -0.2) is 73.5 Å². The van der Waals surface area contributed by atoms with Crippen LogP contribution in [0.5, 0.6) is 0 Å². The van der Waals surface area contributed by atoms with Gasteiger partial charge < -0.3 is 15.3 Å². The summed E-state index contributed by atoms with van der Waals surface area (Å²) in [4.78, 5) is 14.4. The fourth-order valence-electron chi connectivity index (χ4n) is 3.45. The Morgan fingerprint density at radius 3 is 2.22 bits per heavy atom. The highest BCUT2D eigenvalue weighted by Crippen LogP contribution is 2.21. The van der Waals surface area contributed by atoms with Crippen molar-refractivity contribution in [1.29, 1.82) is 0 Å². The Bertz CT molecular complexity index is 746. The minimum atomic E-state index is -3.54. The average Bonchev–Trinajstić information content (AvgIpc) is 3.07. The lowest BCUT2D eigenvalue weighted by Crippen LogP contribution is -2.54. The van der Waals surface area contributed by atoms with E-state index < -0.39 is 16.1 Å². The quantitative estimate of drug-likeness (QED) is 0.755. The van der Waals surface area contributed by atoms with Gasteiger partial charge in [0.25, 0.3) is 0 Å². The molecule has 2 fully saturated rings. The summed E-state index contributed by atoms with van der Waals surface area (Å²) >= 11 is 0. The molecule has 3 rings (SSSR count). The summed E-state index contributed by atoms with van der Waals surface area (Å²) in [5.41, 5.74) is 1.10. The van der Waals surface area contributed by atoms with Gasteiger partial charge in [0.15, 0.2) is 0 Å². The molecule has 9 heteroatoms. The number of benzene rings is 1. The number of piperazine rings is 1. The van der Waals surface area contributed by atoms with Gasteiger partial charge in [-0.15, -0.1) is 12.4 Å². The molecule has 0 aromatic heterocycles. The summed E-state index contributed by atoms with van der Waals surface area (Å²) < 4.78 is 27.1. The Balaban J connectivity index is 0.00000261. The fraction of sp³-hybridized carbons (Fsp3) is 0.611. The maximum Gasteiger partial charge on any atom is 0.243 e. The fourth-order valence-corrected chi connectivity index (χ4v) is 4.87. The Labute approximate surface area is 167 Å². The second-order valence-electron chi connectivity index (χ2n) is 7.30. The number of carbonyl (C=O) groups excluding carboxylic acids is 1. The molecule has 0 saturated carbocycles. The average molecular weight is 418 g/mol. The smallest absolute Gasteiger partial charge is 0.243 e. The van der Waals surface area contributed by atoms with Crippen LogP contribution < -0.4 is 5.32 Å². The van der Waals surface area contributed by atoms with Crippen LogP contribution in [0, 0.1) is 0 Å². The van der Waals surface area contributed by atoms with E-state index in [1.54, 1.807) is 17.0 Å². The molecule has 7 nitrogen and oxygen atoms in total. The highest BCUT2D eigenvalue weighted by Gasteiger charge is 2.35. The molecular weight excluding hydrogens is 390 g/mol. The molecule has 0 spiro atoms. The van der Waals surface area contributed by atoms with Gasteiger partial charge in [0.2, 0.25) is 15.9 Å². The van der Waals surface area contributed by atoms with Crippen molar-refractivity contribution in [3.63, 3.8) is 0 Å². The summed E-state index contributed by atoms with van der Waals surface area (Å²) in [7, 11) is -3.54. The molecule has 0 radical (unpaired) electrons. The molecule has 1 aromatic carbocycles. The topological polar surface area (TPSA) is 90.0 Å². The molecule has 1 aromatic rings. The molecule has 152 valence electrons. The SMILES string of the molecule is CC(C)c1ccc(S(=O)(=O)N2CCN(C(=O)C3CC(O)CN3)CC2)cc1.Cl. The lowest BCUT2D eigenvalue weighted by molar-refractivity contribution is -0.134. The Morgan fingerprint density at radius 1 is 1.15 bits per heavy atom. The number of nitrogens with one attached hydrogen (secondary N) is 1. The van der Waals surface area contributed by atoms with Crippen LogP contribution in [0.4, 0.5) is 0 Å². The maximum atomic E-state index is 12.8. The van der Waals surface area contributed by atoms with Crippen molar-refractivity contribution in [2.45, 2.75) is 43.2 Å². The van der Waals surface area contributed by atoms with E-state index in [-0.39, 0.29) is 37.4 Å². The van der Waals surface area contributed by atoms with Gasteiger partial charge >= 0.3 is 0 Å². The van der Waals surface area contributed by atoms with E-state index in [0.29, 0.717) is 36.9 Å². The number of carbonyl (C=O) groups is 1. The van der Waals surface area contributed by atoms with Crippen molar-refractivity contribution in [2.24, 2.45) is 0 Å². The maximum absolute atomic E-state index is 12.8. The molecule has 1 amide bonds. The number of halogens is 1. The third-order valence-corrected chi connectivity index (χ3v) is 7.05. The number of hydrogen-bond acceptors (Lipinski definition) is 5. The molecule has 0 aliphatic carbocycles. The first-order valence-electron chi connectivity index (χ1n) is 9.09. The molecule has 2 aliphatic rings. The first-order chi connectivity index (χ1) is 12.3. The second-order valence-corrected chi connectivity index (χ2v) is 9.24. The van der Waals surface area contributed by atoms with Gasteiger partial charge in [-0.2, -0.15) is 4.31 Å². The molecule has 2 saturated heterocycles. The Morgan fingerprint density at radius 2 is 1.74 bits per heavy atom. The number of aliphatic hydroxyl groups excluding tert-OH is 1. The van der Waals surface area contributed by atoms with Crippen LogP contribution in [0.3, 0.4) is 0 Å². The van der Waals surface area contributed by atoms with Crippen LogP contribution in [0.15, 0.2) is 29.2 Å². The van der Waals surface area contributed by atoms with Crippen LogP contribution in [0.2, 0.25) is 0 Å². The molecular formula is C18H28ClN3O4S. The van der Waals surface area contributed by atoms with E-state index in [1.165, 1.54) is 4.31 Å². The van der Waals surface area contributed by atoms with Crippen molar-refractivity contribution in [1.82, 2.24) is 14.5 Å². The van der Waals surface area contributed by atoms with E-state index in [2.05, 4.69) is 19.2 Å². The Hall–Kier alpha value is -1.19. The zero-order valence-corrected chi connectivity index (χ0v) is 17.3. The van der Waals surface area contributed by atoms with Gasteiger partial charge in [0.05, 0.1) is 17.0 Å². The van der Waals surface area contributed by atoms with Gasteiger partial charge in [-0.1, -0.05) is 26.0 Å². The van der Waals surface area contributed by atoms with E-state index >= 15 is 0 Å². The van der Waals surface area contributed by atoms with Crippen LogP contribution in [-0.2, 0) is 14.8 Å². The normalized spacial score (nSPS) is 24.1. The number of hydrogen-bond donors (Lipinski definition) is 2. The van der Waals surface area contributed by atoms with Gasteiger partial charge in [0.1, 0.15) is 0 Å². The van der Waals surface area contributed by atoms with E-state index in [1.807, 2.05) is 12.1 Å². The molecule has 2 aliphatic heterocycles. The molecule has 2 unspecified atom stereocenters. The van der Waals surface area contributed by atoms with Gasteiger partial charge in [-0.25, -0.2) is 8.42 Å². The lowest BCUT2D eigenvalue weighted by atomic mass is 10.0. The van der Waals surface area contributed by atoms with Crippen molar-refractivity contribution in [3.8, 4) is 0 Å². The van der Waals surface area contributed by atoms with E-state index in [0.717, 1.165) is 5.56 Å². The number of nitrogens with zero attached hydrogens (tertiary/aromatic N) is 2. The minimum absolute atomic E-state index is 0. The molecule has 2 heterocycles. The van der Waals surface area contributed by atoms with Crippen LogP contribution >= 0.6 is 12.4 Å². The summed E-state index contributed by atoms with van der Waals surface area (Å²) in [6.07, 6.45) is -0.0704. The minimum Gasteiger partial charge on any atom is -0.392 e. The number of amides is 1. The Kier molecular flexibility index (Phi) is 7.27. The predicted molar refractivity (Wildman–Crippen MR) is 106 cm³/mol. The van der Waals surface area contributed by atoms with Gasteiger partial charge in [-0.3, -0.25) is 4.79 Å². The standard InChI is InChI=1S/C18H27N3O4S.ClH/c1-13(2)14-3-5-16(6-4-14)26(24,25)21-9-7-20(8-10-21)18(23)17-11-15(22)12-19-17;/h3-6,13,15,17,19,22H,7-12H2,1-2H3;1H.